The summed E-state index contributed by atoms with van der Waals surface area (Å²) in [6, 6.07) is 8.71. The molecule has 2 rings (SSSR count). The standard InChI is InChI=1S/C13H12ClN3O/c1-8-3-5-10(14)7-12(8)15-13(18)11-6-4-9(2)16-17-11/h3-7H,1-2H3,(H,15,18). The highest BCUT2D eigenvalue weighted by molar-refractivity contribution is 6.31. The lowest BCUT2D eigenvalue weighted by Gasteiger charge is -2.08. The van der Waals surface area contributed by atoms with Crippen molar-refractivity contribution in [3.63, 3.8) is 0 Å². The van der Waals surface area contributed by atoms with Crippen LogP contribution in [0.15, 0.2) is 30.3 Å². The molecule has 1 aromatic carbocycles. The Labute approximate surface area is 110 Å². The zero-order valence-corrected chi connectivity index (χ0v) is 10.8. The predicted octanol–water partition coefficient (Wildman–Crippen LogP) is 3.00. The van der Waals surface area contributed by atoms with Gasteiger partial charge in [-0.05, 0) is 43.7 Å². The van der Waals surface area contributed by atoms with Gasteiger partial charge in [0.15, 0.2) is 5.69 Å². The Balaban J connectivity index is 2.21. The number of benzene rings is 1. The molecule has 1 N–H and O–H groups in total. The van der Waals surface area contributed by atoms with E-state index in [-0.39, 0.29) is 11.6 Å². The van der Waals surface area contributed by atoms with E-state index in [0.717, 1.165) is 11.3 Å². The van der Waals surface area contributed by atoms with Crippen LogP contribution in [0.2, 0.25) is 5.02 Å². The number of aromatic nitrogens is 2. The Kier molecular flexibility index (Phi) is 3.58. The smallest absolute Gasteiger partial charge is 0.276 e. The maximum absolute atomic E-state index is 11.9. The number of anilines is 1. The number of hydrogen-bond donors (Lipinski definition) is 1. The molecule has 0 fully saturated rings. The minimum atomic E-state index is -0.298. The maximum atomic E-state index is 11.9. The second-order valence-electron chi connectivity index (χ2n) is 3.97. The van der Waals surface area contributed by atoms with Gasteiger partial charge < -0.3 is 5.32 Å². The van der Waals surface area contributed by atoms with Gasteiger partial charge in [0.25, 0.3) is 5.91 Å². The fraction of sp³-hybridized carbons (Fsp3) is 0.154. The van der Waals surface area contributed by atoms with Gasteiger partial charge in [0.05, 0.1) is 5.69 Å². The van der Waals surface area contributed by atoms with E-state index in [1.54, 1.807) is 24.3 Å². The molecule has 4 nitrogen and oxygen atoms in total. The molecule has 0 bridgehead atoms. The molecule has 0 spiro atoms. The summed E-state index contributed by atoms with van der Waals surface area (Å²) < 4.78 is 0. The van der Waals surface area contributed by atoms with Gasteiger partial charge >= 0.3 is 0 Å². The lowest BCUT2D eigenvalue weighted by Crippen LogP contribution is -2.15. The number of hydrogen-bond acceptors (Lipinski definition) is 3. The highest BCUT2D eigenvalue weighted by atomic mass is 35.5. The SMILES string of the molecule is Cc1ccc(C(=O)Nc2cc(Cl)ccc2C)nn1. The molecular weight excluding hydrogens is 250 g/mol. The summed E-state index contributed by atoms with van der Waals surface area (Å²) in [7, 11) is 0. The van der Waals surface area contributed by atoms with E-state index < -0.39 is 0 Å². The number of carbonyl (C=O) groups excluding carboxylic acids is 1. The molecule has 0 saturated carbocycles. The number of aryl methyl sites for hydroxylation is 2. The van der Waals surface area contributed by atoms with Crippen LogP contribution in [-0.2, 0) is 0 Å². The lowest BCUT2D eigenvalue weighted by molar-refractivity contribution is 0.102. The van der Waals surface area contributed by atoms with Crippen molar-refractivity contribution < 1.29 is 4.79 Å². The third kappa shape index (κ3) is 2.84. The molecule has 18 heavy (non-hydrogen) atoms. The second-order valence-corrected chi connectivity index (χ2v) is 4.41. The summed E-state index contributed by atoms with van der Waals surface area (Å²) in [5.41, 5.74) is 2.66. The van der Waals surface area contributed by atoms with Crippen LogP contribution in [0, 0.1) is 13.8 Å². The fourth-order valence-electron chi connectivity index (χ4n) is 1.44. The van der Waals surface area contributed by atoms with Gasteiger partial charge in [-0.25, -0.2) is 0 Å². The largest absolute Gasteiger partial charge is 0.320 e. The Bertz CT molecular complexity index is 581. The first kappa shape index (κ1) is 12.5. The van der Waals surface area contributed by atoms with Crippen molar-refractivity contribution in [3.05, 3.63) is 52.3 Å². The van der Waals surface area contributed by atoms with Crippen LogP contribution in [-0.4, -0.2) is 16.1 Å². The number of nitrogens with one attached hydrogen (secondary N) is 1. The van der Waals surface area contributed by atoms with Gasteiger partial charge in [0.1, 0.15) is 0 Å². The minimum absolute atomic E-state index is 0.278. The third-order valence-corrected chi connectivity index (χ3v) is 2.71. The Morgan fingerprint density at radius 1 is 1.17 bits per heavy atom. The van der Waals surface area contributed by atoms with Gasteiger partial charge in [0, 0.05) is 10.7 Å². The van der Waals surface area contributed by atoms with Crippen LogP contribution >= 0.6 is 11.6 Å². The number of amides is 1. The van der Waals surface area contributed by atoms with Crippen LogP contribution < -0.4 is 5.32 Å². The molecule has 1 aromatic heterocycles. The van der Waals surface area contributed by atoms with Crippen molar-refractivity contribution in [1.82, 2.24) is 10.2 Å². The first-order valence-electron chi connectivity index (χ1n) is 5.44. The number of carbonyl (C=O) groups is 1. The Morgan fingerprint density at radius 3 is 2.61 bits per heavy atom. The molecule has 0 aliphatic heterocycles. The molecule has 0 radical (unpaired) electrons. The van der Waals surface area contributed by atoms with Crippen LogP contribution in [0.4, 0.5) is 5.69 Å². The van der Waals surface area contributed by atoms with Crippen molar-refractivity contribution >= 4 is 23.2 Å². The summed E-state index contributed by atoms with van der Waals surface area (Å²) in [4.78, 5) is 11.9. The van der Waals surface area contributed by atoms with Gasteiger partial charge in [-0.2, -0.15) is 5.10 Å². The molecular formula is C13H12ClN3O. The fourth-order valence-corrected chi connectivity index (χ4v) is 1.61. The number of rotatable bonds is 2. The minimum Gasteiger partial charge on any atom is -0.320 e. The monoisotopic (exact) mass is 261 g/mol. The molecule has 0 atom stereocenters. The molecule has 1 amide bonds. The topological polar surface area (TPSA) is 54.9 Å². The third-order valence-electron chi connectivity index (χ3n) is 2.48. The van der Waals surface area contributed by atoms with E-state index in [2.05, 4.69) is 15.5 Å². The zero-order chi connectivity index (χ0) is 13.1. The Morgan fingerprint density at radius 2 is 1.94 bits per heavy atom. The van der Waals surface area contributed by atoms with Crippen molar-refractivity contribution in [1.29, 1.82) is 0 Å². The Hall–Kier alpha value is -1.94. The van der Waals surface area contributed by atoms with Crippen molar-refractivity contribution in [3.8, 4) is 0 Å². The van der Waals surface area contributed by atoms with Crippen LogP contribution in [0.1, 0.15) is 21.7 Å². The molecule has 0 unspecified atom stereocenters. The van der Waals surface area contributed by atoms with Crippen LogP contribution in [0.25, 0.3) is 0 Å². The van der Waals surface area contributed by atoms with Gasteiger partial charge in [-0.15, -0.1) is 5.10 Å². The first-order chi connectivity index (χ1) is 8.56. The molecule has 1 heterocycles. The van der Waals surface area contributed by atoms with Crippen LogP contribution in [0.5, 0.6) is 0 Å². The van der Waals surface area contributed by atoms with Gasteiger partial charge in [0.2, 0.25) is 0 Å². The maximum Gasteiger partial charge on any atom is 0.276 e. The number of halogens is 1. The van der Waals surface area contributed by atoms with Crippen LogP contribution in [0.3, 0.4) is 0 Å². The quantitative estimate of drug-likeness (QED) is 0.904. The van der Waals surface area contributed by atoms with Crippen molar-refractivity contribution in [2.75, 3.05) is 5.32 Å². The summed E-state index contributed by atoms with van der Waals surface area (Å²) in [6.45, 7) is 3.71. The van der Waals surface area contributed by atoms with E-state index >= 15 is 0 Å². The molecule has 5 heteroatoms. The predicted molar refractivity (Wildman–Crippen MR) is 70.9 cm³/mol. The van der Waals surface area contributed by atoms with Crippen molar-refractivity contribution in [2.24, 2.45) is 0 Å². The van der Waals surface area contributed by atoms with E-state index in [0.29, 0.717) is 10.7 Å². The molecule has 0 saturated heterocycles. The van der Waals surface area contributed by atoms with E-state index in [9.17, 15) is 4.79 Å². The first-order valence-corrected chi connectivity index (χ1v) is 5.82. The highest BCUT2D eigenvalue weighted by Crippen LogP contribution is 2.20. The van der Waals surface area contributed by atoms with E-state index in [4.69, 9.17) is 11.6 Å². The zero-order valence-electron chi connectivity index (χ0n) is 10.1. The van der Waals surface area contributed by atoms with Gasteiger partial charge in [-0.3, -0.25) is 4.79 Å². The average molecular weight is 262 g/mol. The summed E-state index contributed by atoms with van der Waals surface area (Å²) >= 11 is 5.89. The normalized spacial score (nSPS) is 10.2. The summed E-state index contributed by atoms with van der Waals surface area (Å²) in [5.74, 6) is -0.298. The van der Waals surface area contributed by atoms with E-state index in [1.807, 2.05) is 19.9 Å². The summed E-state index contributed by atoms with van der Waals surface area (Å²) in [6.07, 6.45) is 0. The molecule has 92 valence electrons. The average Bonchev–Trinajstić information content (AvgIpc) is 2.34. The number of nitrogens with zero attached hydrogens (tertiary/aromatic N) is 2. The lowest BCUT2D eigenvalue weighted by atomic mass is 10.2. The summed E-state index contributed by atoms with van der Waals surface area (Å²) in [5, 5.41) is 11.0. The molecule has 0 aliphatic rings. The van der Waals surface area contributed by atoms with Crippen molar-refractivity contribution in [2.45, 2.75) is 13.8 Å². The van der Waals surface area contributed by atoms with Gasteiger partial charge in [-0.1, -0.05) is 17.7 Å². The highest BCUT2D eigenvalue weighted by Gasteiger charge is 2.09. The van der Waals surface area contributed by atoms with E-state index in [1.165, 1.54) is 0 Å². The molecule has 0 aliphatic carbocycles. The molecule has 2 aromatic rings. The second kappa shape index (κ2) is 5.14.